The topological polar surface area (TPSA) is 0 Å². The maximum atomic E-state index is 4.09. The average Bonchev–Trinajstić information content (AvgIpc) is 3.16. The lowest BCUT2D eigenvalue weighted by Crippen LogP contribution is -2.68. The van der Waals surface area contributed by atoms with Crippen molar-refractivity contribution in [3.63, 3.8) is 0 Å². The molecule has 8 aliphatic rings. The van der Waals surface area contributed by atoms with Crippen LogP contribution in [0.2, 0.25) is 0 Å². The van der Waals surface area contributed by atoms with Gasteiger partial charge in [-0.25, -0.2) is 0 Å². The van der Waals surface area contributed by atoms with Crippen molar-refractivity contribution in [3.05, 3.63) is 144 Å². The van der Waals surface area contributed by atoms with Crippen LogP contribution in [0.5, 0.6) is 0 Å². The summed E-state index contributed by atoms with van der Waals surface area (Å²) in [6.45, 7) is 0. The third kappa shape index (κ3) is 5.52. The molecule has 8 saturated carbocycles. The number of hydrogen-bond donors (Lipinski definition) is 0. The summed E-state index contributed by atoms with van der Waals surface area (Å²) in [5.41, 5.74) is 4.65. The van der Waals surface area contributed by atoms with E-state index in [-0.39, 0.29) is 32.5 Å². The van der Waals surface area contributed by atoms with Gasteiger partial charge in [-0.05, 0) is 148 Å². The molecular formula is C52H46. The van der Waals surface area contributed by atoms with E-state index in [9.17, 15) is 0 Å². The Morgan fingerprint density at radius 3 is 0.981 bits per heavy atom. The van der Waals surface area contributed by atoms with Crippen molar-refractivity contribution in [2.75, 3.05) is 0 Å². The van der Waals surface area contributed by atoms with Gasteiger partial charge in [0.25, 0.3) is 0 Å². The lowest BCUT2D eigenvalue weighted by Gasteiger charge is -2.75. The molecule has 0 N–H and O–H groups in total. The van der Waals surface area contributed by atoms with Crippen LogP contribution in [-0.2, 0) is 0 Å². The Labute approximate surface area is 311 Å². The van der Waals surface area contributed by atoms with Crippen LogP contribution in [0.1, 0.15) is 99.3 Å². The molecule has 0 saturated heterocycles. The quantitative estimate of drug-likeness (QED) is 0.177. The zero-order chi connectivity index (χ0) is 34.7. The van der Waals surface area contributed by atoms with Crippen LogP contribution >= 0.6 is 0 Å². The molecule has 4 aromatic rings. The summed E-state index contributed by atoms with van der Waals surface area (Å²) >= 11 is 0. The Hall–Kier alpha value is -4.88. The Balaban J connectivity index is 1.15. The second-order valence-electron chi connectivity index (χ2n) is 18.2. The SMILES string of the molecule is C(#CC12CC3CC(C1)CC(C14CC5(C#Cc6ccccc6)CC(C#Cc6ccccc6)(CC(C#Cc6ccccc6)(C5)C1)C4)(C3)C2)c1ccccc1. The van der Waals surface area contributed by atoms with Crippen molar-refractivity contribution < 1.29 is 0 Å². The van der Waals surface area contributed by atoms with E-state index in [0.717, 1.165) is 53.4 Å². The lowest BCUT2D eigenvalue weighted by atomic mass is 9.27. The van der Waals surface area contributed by atoms with Crippen molar-refractivity contribution >= 4 is 0 Å². The molecular weight excluding hydrogens is 625 g/mol. The van der Waals surface area contributed by atoms with E-state index in [2.05, 4.69) is 169 Å². The maximum Gasteiger partial charge on any atom is 0.0352 e. The van der Waals surface area contributed by atoms with Crippen molar-refractivity contribution in [2.45, 2.75) is 77.0 Å². The lowest BCUT2D eigenvalue weighted by molar-refractivity contribution is -0.243. The molecule has 0 radical (unpaired) electrons. The Morgan fingerprint density at radius 2 is 0.635 bits per heavy atom. The zero-order valence-electron chi connectivity index (χ0n) is 30.2. The minimum atomic E-state index is -0.118. The molecule has 0 spiro atoms. The van der Waals surface area contributed by atoms with E-state index in [1.54, 1.807) is 0 Å². The third-order valence-electron chi connectivity index (χ3n) is 14.2. The van der Waals surface area contributed by atoms with Crippen molar-refractivity contribution in [1.82, 2.24) is 0 Å². The van der Waals surface area contributed by atoms with Crippen molar-refractivity contribution in [3.8, 4) is 47.4 Å². The fourth-order valence-corrected chi connectivity index (χ4v) is 13.5. The van der Waals surface area contributed by atoms with E-state index in [1.165, 1.54) is 57.8 Å². The minimum absolute atomic E-state index is 0.109. The maximum absolute atomic E-state index is 4.09. The summed E-state index contributed by atoms with van der Waals surface area (Å²) in [6, 6.07) is 42.8. The first-order valence-electron chi connectivity index (χ1n) is 19.7. The second kappa shape index (κ2) is 11.8. The third-order valence-corrected chi connectivity index (χ3v) is 14.2. The first-order valence-corrected chi connectivity index (χ1v) is 19.7. The molecule has 2 atom stereocenters. The van der Waals surface area contributed by atoms with Crippen LogP contribution in [0.4, 0.5) is 0 Å². The molecule has 0 heterocycles. The molecule has 0 heteroatoms. The highest BCUT2D eigenvalue weighted by Gasteiger charge is 2.74. The number of hydrogen-bond acceptors (Lipinski definition) is 0. The van der Waals surface area contributed by atoms with E-state index >= 15 is 0 Å². The van der Waals surface area contributed by atoms with Crippen LogP contribution in [-0.4, -0.2) is 0 Å². The summed E-state index contributed by atoms with van der Waals surface area (Å²) < 4.78 is 0. The smallest absolute Gasteiger partial charge is 0.0352 e. The van der Waals surface area contributed by atoms with E-state index in [1.807, 2.05) is 0 Å². The number of rotatable bonds is 1. The molecule has 12 rings (SSSR count). The molecule has 8 fully saturated rings. The van der Waals surface area contributed by atoms with Crippen LogP contribution in [0, 0.1) is 91.7 Å². The molecule has 2 unspecified atom stereocenters. The van der Waals surface area contributed by atoms with Gasteiger partial charge in [0.2, 0.25) is 0 Å². The molecule has 0 aliphatic heterocycles. The van der Waals surface area contributed by atoms with Crippen molar-refractivity contribution in [2.24, 2.45) is 44.3 Å². The van der Waals surface area contributed by atoms with Gasteiger partial charge in [0.1, 0.15) is 0 Å². The molecule has 0 aromatic heterocycles. The summed E-state index contributed by atoms with van der Waals surface area (Å²) in [6.07, 6.45) is 14.6. The van der Waals surface area contributed by atoms with Gasteiger partial charge in [-0.15, -0.1) is 0 Å². The highest BCUT2D eigenvalue weighted by atomic mass is 14.8. The van der Waals surface area contributed by atoms with Gasteiger partial charge in [0.15, 0.2) is 0 Å². The number of benzene rings is 4. The average molecular weight is 671 g/mol. The van der Waals surface area contributed by atoms with Gasteiger partial charge in [0, 0.05) is 43.9 Å². The summed E-state index contributed by atoms with van der Waals surface area (Å²) in [7, 11) is 0. The van der Waals surface area contributed by atoms with Crippen LogP contribution in [0.15, 0.2) is 121 Å². The standard InChI is InChI=1S/C52H46/c1-5-13-41(14-6-1)21-25-47-30-45-29-46(31-47)33-51(32-45,37-47)52-38-48(26-22-42-15-7-2-8-16-42)34-49(39-52,27-23-43-17-9-3-10-18-43)36-50(35-48,40-52)28-24-44-19-11-4-12-20-44/h1-20,45-46H,29-40H2. The Morgan fingerprint density at radius 1 is 0.327 bits per heavy atom. The molecule has 8 bridgehead atoms. The van der Waals surface area contributed by atoms with Gasteiger partial charge >= 0.3 is 0 Å². The van der Waals surface area contributed by atoms with E-state index in [4.69, 9.17) is 0 Å². The zero-order valence-corrected chi connectivity index (χ0v) is 30.2. The highest BCUT2D eigenvalue weighted by Crippen LogP contribution is 2.82. The minimum Gasteiger partial charge on any atom is -0.0910 e. The normalized spacial score (nSPS) is 36.9. The molecule has 52 heavy (non-hydrogen) atoms. The second-order valence-corrected chi connectivity index (χ2v) is 18.2. The fraction of sp³-hybridized carbons (Fsp3) is 0.385. The van der Waals surface area contributed by atoms with Crippen LogP contribution < -0.4 is 0 Å². The monoisotopic (exact) mass is 670 g/mol. The largest absolute Gasteiger partial charge is 0.0910 e. The van der Waals surface area contributed by atoms with Gasteiger partial charge in [-0.1, -0.05) is 120 Å². The molecule has 8 aliphatic carbocycles. The predicted octanol–water partition coefficient (Wildman–Crippen LogP) is 11.1. The van der Waals surface area contributed by atoms with Gasteiger partial charge in [-0.3, -0.25) is 0 Å². The summed E-state index contributed by atoms with van der Waals surface area (Å²) in [4.78, 5) is 0. The molecule has 0 nitrogen and oxygen atoms in total. The predicted molar refractivity (Wildman–Crippen MR) is 210 cm³/mol. The fourth-order valence-electron chi connectivity index (χ4n) is 13.5. The Bertz CT molecular complexity index is 2050. The van der Waals surface area contributed by atoms with E-state index in [0.29, 0.717) is 0 Å². The molecule has 0 amide bonds. The molecule has 254 valence electrons. The summed E-state index contributed by atoms with van der Waals surface area (Å²) in [5, 5.41) is 0. The van der Waals surface area contributed by atoms with Gasteiger partial charge in [0.05, 0.1) is 0 Å². The van der Waals surface area contributed by atoms with E-state index < -0.39 is 0 Å². The Kier molecular flexibility index (Phi) is 7.23. The van der Waals surface area contributed by atoms with Crippen LogP contribution in [0.25, 0.3) is 0 Å². The van der Waals surface area contributed by atoms with Gasteiger partial charge < -0.3 is 0 Å². The van der Waals surface area contributed by atoms with Gasteiger partial charge in [-0.2, -0.15) is 0 Å². The highest BCUT2D eigenvalue weighted by molar-refractivity contribution is 5.46. The molecule has 4 aromatic carbocycles. The first-order chi connectivity index (χ1) is 25.4. The first kappa shape index (κ1) is 31.8. The van der Waals surface area contributed by atoms with Crippen LogP contribution in [0.3, 0.4) is 0 Å². The van der Waals surface area contributed by atoms with Crippen molar-refractivity contribution in [1.29, 1.82) is 0 Å². The summed E-state index contributed by atoms with van der Waals surface area (Å²) in [5.74, 6) is 32.8.